The van der Waals surface area contributed by atoms with Crippen molar-refractivity contribution >= 4 is 10.0 Å². The standard InChI is InChI=1S/C20H23N3O3S/c1-14-11-19(26-4)12-15(2)20(14)27(24,25)22-13-17-5-7-18(8-6-17)23-10-9-21-16(23)3/h5-12,22H,13H2,1-4H3. The van der Waals surface area contributed by atoms with Crippen LogP contribution in [0.3, 0.4) is 0 Å². The van der Waals surface area contributed by atoms with Gasteiger partial charge >= 0.3 is 0 Å². The van der Waals surface area contributed by atoms with E-state index < -0.39 is 10.0 Å². The summed E-state index contributed by atoms with van der Waals surface area (Å²) in [6.07, 6.45) is 3.64. The van der Waals surface area contributed by atoms with Crippen molar-refractivity contribution in [1.29, 1.82) is 0 Å². The quantitative estimate of drug-likeness (QED) is 0.707. The van der Waals surface area contributed by atoms with E-state index in [1.54, 1.807) is 39.3 Å². The van der Waals surface area contributed by atoms with Crippen LogP contribution in [-0.2, 0) is 16.6 Å². The zero-order valence-corrected chi connectivity index (χ0v) is 16.7. The summed E-state index contributed by atoms with van der Waals surface area (Å²) in [7, 11) is -2.06. The van der Waals surface area contributed by atoms with Crippen molar-refractivity contribution in [2.45, 2.75) is 32.2 Å². The van der Waals surface area contributed by atoms with Crippen LogP contribution >= 0.6 is 0 Å². The van der Waals surface area contributed by atoms with Gasteiger partial charge in [-0.25, -0.2) is 18.1 Å². The molecule has 1 N–H and O–H groups in total. The van der Waals surface area contributed by atoms with Gasteiger partial charge in [-0.3, -0.25) is 0 Å². The predicted molar refractivity (Wildman–Crippen MR) is 105 cm³/mol. The third-order valence-corrected chi connectivity index (χ3v) is 6.15. The molecule has 3 rings (SSSR count). The molecule has 0 saturated carbocycles. The number of hydrogen-bond donors (Lipinski definition) is 1. The molecule has 0 bridgehead atoms. The van der Waals surface area contributed by atoms with Crippen LogP contribution in [0.15, 0.2) is 53.7 Å². The van der Waals surface area contributed by atoms with Gasteiger partial charge in [0.25, 0.3) is 0 Å². The highest BCUT2D eigenvalue weighted by atomic mass is 32.2. The van der Waals surface area contributed by atoms with Crippen molar-refractivity contribution in [3.05, 3.63) is 71.3 Å². The maximum atomic E-state index is 12.8. The number of sulfonamides is 1. The van der Waals surface area contributed by atoms with Gasteiger partial charge in [0, 0.05) is 24.6 Å². The Labute approximate surface area is 159 Å². The minimum atomic E-state index is -3.63. The summed E-state index contributed by atoms with van der Waals surface area (Å²) >= 11 is 0. The van der Waals surface area contributed by atoms with Gasteiger partial charge in [0.05, 0.1) is 12.0 Å². The van der Waals surface area contributed by atoms with Crippen LogP contribution in [0.25, 0.3) is 5.69 Å². The second-order valence-corrected chi connectivity index (χ2v) is 8.13. The largest absolute Gasteiger partial charge is 0.497 e. The van der Waals surface area contributed by atoms with Crippen LogP contribution in [0.2, 0.25) is 0 Å². The molecule has 2 aromatic carbocycles. The molecule has 0 atom stereocenters. The molecular formula is C20H23N3O3S. The molecule has 0 aliphatic carbocycles. The lowest BCUT2D eigenvalue weighted by Crippen LogP contribution is -2.25. The van der Waals surface area contributed by atoms with Gasteiger partial charge in [-0.05, 0) is 61.7 Å². The number of benzene rings is 2. The number of imidazole rings is 1. The topological polar surface area (TPSA) is 73.2 Å². The van der Waals surface area contributed by atoms with Crippen molar-refractivity contribution in [3.63, 3.8) is 0 Å². The second kappa shape index (κ2) is 7.54. The molecule has 0 spiro atoms. The summed E-state index contributed by atoms with van der Waals surface area (Å²) in [5.41, 5.74) is 3.18. The highest BCUT2D eigenvalue weighted by molar-refractivity contribution is 7.89. The second-order valence-electron chi connectivity index (χ2n) is 6.43. The molecule has 0 aliphatic heterocycles. The first-order valence-corrected chi connectivity index (χ1v) is 10.0. The SMILES string of the molecule is COc1cc(C)c(S(=O)(=O)NCc2ccc(-n3ccnc3C)cc2)c(C)c1. The number of aromatic nitrogens is 2. The highest BCUT2D eigenvalue weighted by Gasteiger charge is 2.20. The Bertz CT molecular complexity index is 1030. The van der Waals surface area contributed by atoms with Crippen molar-refractivity contribution in [3.8, 4) is 11.4 Å². The Balaban J connectivity index is 1.77. The number of aryl methyl sites for hydroxylation is 3. The van der Waals surface area contributed by atoms with Crippen molar-refractivity contribution in [1.82, 2.24) is 14.3 Å². The molecule has 1 aromatic heterocycles. The van der Waals surface area contributed by atoms with E-state index in [0.29, 0.717) is 21.8 Å². The zero-order valence-electron chi connectivity index (χ0n) is 15.9. The van der Waals surface area contributed by atoms with Crippen LogP contribution < -0.4 is 9.46 Å². The Kier molecular flexibility index (Phi) is 5.34. The number of hydrogen-bond acceptors (Lipinski definition) is 4. The van der Waals surface area contributed by atoms with Crippen molar-refractivity contribution in [2.75, 3.05) is 7.11 Å². The number of ether oxygens (including phenoxy) is 1. The van der Waals surface area contributed by atoms with E-state index in [4.69, 9.17) is 4.74 Å². The summed E-state index contributed by atoms with van der Waals surface area (Å²) in [5.74, 6) is 1.54. The van der Waals surface area contributed by atoms with Crippen molar-refractivity contribution < 1.29 is 13.2 Å². The summed E-state index contributed by atoms with van der Waals surface area (Å²) in [4.78, 5) is 4.51. The molecule has 0 amide bonds. The number of nitrogens with one attached hydrogen (secondary N) is 1. The molecule has 7 heteroatoms. The Hall–Kier alpha value is -2.64. The predicted octanol–water partition coefficient (Wildman–Crippen LogP) is 3.28. The maximum Gasteiger partial charge on any atom is 0.241 e. The fourth-order valence-corrected chi connectivity index (χ4v) is 4.59. The summed E-state index contributed by atoms with van der Waals surface area (Å²) in [6, 6.07) is 11.2. The molecular weight excluding hydrogens is 362 g/mol. The molecule has 1 heterocycles. The lowest BCUT2D eigenvalue weighted by atomic mass is 10.1. The molecule has 0 radical (unpaired) electrons. The molecule has 6 nitrogen and oxygen atoms in total. The number of rotatable bonds is 6. The van der Waals surface area contributed by atoms with Crippen LogP contribution in [0.4, 0.5) is 0 Å². The van der Waals surface area contributed by atoms with Gasteiger partial charge in [0.15, 0.2) is 0 Å². The zero-order chi connectivity index (χ0) is 19.6. The summed E-state index contributed by atoms with van der Waals surface area (Å²) < 4.78 is 35.4. The van der Waals surface area contributed by atoms with Crippen molar-refractivity contribution in [2.24, 2.45) is 0 Å². The lowest BCUT2D eigenvalue weighted by Gasteiger charge is -2.14. The van der Waals surface area contributed by atoms with Crippen LogP contribution in [0.1, 0.15) is 22.5 Å². The van der Waals surface area contributed by atoms with Crippen LogP contribution in [-0.4, -0.2) is 25.1 Å². The molecule has 0 aliphatic rings. The normalized spacial score (nSPS) is 11.6. The molecule has 3 aromatic rings. The fraction of sp³-hybridized carbons (Fsp3) is 0.250. The number of methoxy groups -OCH3 is 1. The van der Waals surface area contributed by atoms with E-state index in [0.717, 1.165) is 17.1 Å². The molecule has 0 fully saturated rings. The average molecular weight is 385 g/mol. The highest BCUT2D eigenvalue weighted by Crippen LogP contribution is 2.25. The van der Waals surface area contributed by atoms with Gasteiger partial charge in [-0.2, -0.15) is 0 Å². The Morgan fingerprint density at radius 1 is 1.07 bits per heavy atom. The van der Waals surface area contributed by atoms with E-state index in [9.17, 15) is 8.42 Å². The van der Waals surface area contributed by atoms with E-state index in [2.05, 4.69) is 9.71 Å². The third kappa shape index (κ3) is 4.04. The fourth-order valence-electron chi connectivity index (χ4n) is 3.13. The molecule has 0 saturated heterocycles. The minimum absolute atomic E-state index is 0.219. The molecule has 27 heavy (non-hydrogen) atoms. The first-order valence-electron chi connectivity index (χ1n) is 8.56. The Morgan fingerprint density at radius 2 is 1.70 bits per heavy atom. The molecule has 0 unspecified atom stereocenters. The minimum Gasteiger partial charge on any atom is -0.497 e. The van der Waals surface area contributed by atoms with E-state index in [-0.39, 0.29) is 6.54 Å². The van der Waals surface area contributed by atoms with E-state index in [1.165, 1.54) is 0 Å². The van der Waals surface area contributed by atoms with E-state index >= 15 is 0 Å². The monoisotopic (exact) mass is 385 g/mol. The first-order chi connectivity index (χ1) is 12.8. The first kappa shape index (κ1) is 19.1. The van der Waals surface area contributed by atoms with Crippen LogP contribution in [0, 0.1) is 20.8 Å². The maximum absolute atomic E-state index is 12.8. The average Bonchev–Trinajstić information content (AvgIpc) is 3.05. The van der Waals surface area contributed by atoms with Crippen LogP contribution in [0.5, 0.6) is 5.75 Å². The van der Waals surface area contributed by atoms with Gasteiger partial charge in [0.2, 0.25) is 10.0 Å². The van der Waals surface area contributed by atoms with Gasteiger partial charge in [-0.1, -0.05) is 12.1 Å². The van der Waals surface area contributed by atoms with E-state index in [1.807, 2.05) is 42.0 Å². The van der Waals surface area contributed by atoms with Gasteiger partial charge in [-0.15, -0.1) is 0 Å². The van der Waals surface area contributed by atoms with Gasteiger partial charge < -0.3 is 9.30 Å². The summed E-state index contributed by atoms with van der Waals surface area (Å²) in [5, 5.41) is 0. The smallest absolute Gasteiger partial charge is 0.241 e. The summed E-state index contributed by atoms with van der Waals surface area (Å²) in [6.45, 7) is 5.69. The number of nitrogens with zero attached hydrogens (tertiary/aromatic N) is 2. The van der Waals surface area contributed by atoms with Gasteiger partial charge in [0.1, 0.15) is 11.6 Å². The lowest BCUT2D eigenvalue weighted by molar-refractivity contribution is 0.413. The Morgan fingerprint density at radius 3 is 2.22 bits per heavy atom. The molecule has 142 valence electrons. The third-order valence-electron chi connectivity index (χ3n) is 4.44.